The van der Waals surface area contributed by atoms with E-state index in [4.69, 9.17) is 9.47 Å². The Balaban J connectivity index is 1.89. The Bertz CT molecular complexity index is 989. The second-order valence-electron chi connectivity index (χ2n) is 11.6. The molecule has 0 aliphatic carbocycles. The first kappa shape index (κ1) is 29.2. The lowest BCUT2D eigenvalue weighted by atomic mass is 9.71. The van der Waals surface area contributed by atoms with Gasteiger partial charge in [-0.25, -0.2) is 0 Å². The van der Waals surface area contributed by atoms with Crippen LogP contribution in [-0.4, -0.2) is 57.0 Å². The van der Waals surface area contributed by atoms with Crippen LogP contribution in [-0.2, 0) is 19.1 Å². The van der Waals surface area contributed by atoms with Crippen molar-refractivity contribution in [2.75, 3.05) is 0 Å². The number of hydrogen-bond donors (Lipinski definition) is 2. The highest BCUT2D eigenvalue weighted by atomic mass is 16.6. The summed E-state index contributed by atoms with van der Waals surface area (Å²) in [6.45, 7) is 12.9. The number of allylic oxidation sites excluding steroid dienone is 1. The van der Waals surface area contributed by atoms with Gasteiger partial charge in [0, 0.05) is 18.5 Å². The van der Waals surface area contributed by atoms with Crippen LogP contribution in [0.4, 0.5) is 0 Å². The molecule has 0 amide bonds. The van der Waals surface area contributed by atoms with Gasteiger partial charge in [0.25, 0.3) is 0 Å². The molecule has 2 aliphatic rings. The monoisotopic (exact) mass is 513 g/mol. The number of ketones is 1. The molecule has 0 spiro atoms. The van der Waals surface area contributed by atoms with E-state index < -0.39 is 35.6 Å². The van der Waals surface area contributed by atoms with Crippen LogP contribution in [0.2, 0.25) is 0 Å². The van der Waals surface area contributed by atoms with E-state index in [2.05, 4.69) is 18.5 Å². The standard InChI is InChI=1S/C30H43NO6/c1-7-11-22-27(34)19(2)12-10-14-30(6)25(37-30)17-23(20(3)16-21-13-8-9-15-31-21)36-26(33)18-24(32)29(4,5)28(22)35/h7-9,13,15-16,19,22-25,27,32,34H,1,10-12,14,17-18H2,2-6H3/b20-16+/t19-,22+,23-,24+,25?,27-,30?/m0/s1. The van der Waals surface area contributed by atoms with E-state index in [-0.39, 0.29) is 29.8 Å². The first-order valence-electron chi connectivity index (χ1n) is 13.4. The molecule has 7 heteroatoms. The Morgan fingerprint density at radius 1 is 1.24 bits per heavy atom. The normalized spacial score (nSPS) is 35.8. The number of aromatic nitrogens is 1. The average molecular weight is 514 g/mol. The van der Waals surface area contributed by atoms with Crippen molar-refractivity contribution in [3.8, 4) is 0 Å². The summed E-state index contributed by atoms with van der Waals surface area (Å²) in [6.07, 6.45) is 5.32. The van der Waals surface area contributed by atoms with Crippen molar-refractivity contribution >= 4 is 17.8 Å². The molecular formula is C30H43NO6. The Hall–Kier alpha value is -2.35. The largest absolute Gasteiger partial charge is 0.458 e. The molecular weight excluding hydrogens is 470 g/mol. The van der Waals surface area contributed by atoms with Gasteiger partial charge < -0.3 is 19.7 Å². The number of epoxide rings is 1. The average Bonchev–Trinajstić information content (AvgIpc) is 3.49. The van der Waals surface area contributed by atoms with Crippen LogP contribution < -0.4 is 0 Å². The van der Waals surface area contributed by atoms with E-state index in [1.807, 2.05) is 38.1 Å². The molecule has 1 aromatic heterocycles. The maximum atomic E-state index is 13.6. The molecule has 3 rings (SSSR count). The fraction of sp³-hybridized carbons (Fsp3) is 0.633. The van der Waals surface area contributed by atoms with E-state index in [1.165, 1.54) is 0 Å². The Labute approximate surface area is 221 Å². The van der Waals surface area contributed by atoms with Crippen LogP contribution in [0, 0.1) is 17.3 Å². The number of fused-ring (bicyclic) bond motifs is 1. The molecule has 2 aliphatic heterocycles. The molecule has 7 nitrogen and oxygen atoms in total. The minimum absolute atomic E-state index is 0.0676. The number of esters is 1. The number of rotatable bonds is 4. The number of Topliss-reactive ketones (excluding diaryl/α,β-unsaturated/α-hetero) is 1. The highest BCUT2D eigenvalue weighted by Crippen LogP contribution is 2.45. The number of nitrogens with zero attached hydrogens (tertiary/aromatic N) is 1. The number of carbonyl (C=O) groups excluding carboxylic acids is 2. The van der Waals surface area contributed by atoms with E-state index >= 15 is 0 Å². The third-order valence-electron chi connectivity index (χ3n) is 8.22. The van der Waals surface area contributed by atoms with Crippen LogP contribution in [0.1, 0.15) is 78.8 Å². The zero-order valence-corrected chi connectivity index (χ0v) is 22.9. The van der Waals surface area contributed by atoms with Gasteiger partial charge in [0.05, 0.1) is 41.4 Å². The highest BCUT2D eigenvalue weighted by molar-refractivity contribution is 5.88. The van der Waals surface area contributed by atoms with Crippen LogP contribution in [0.5, 0.6) is 0 Å². The van der Waals surface area contributed by atoms with Crippen LogP contribution >= 0.6 is 0 Å². The molecule has 7 atom stereocenters. The highest BCUT2D eigenvalue weighted by Gasteiger charge is 2.53. The molecule has 0 aromatic carbocycles. The van der Waals surface area contributed by atoms with Gasteiger partial charge in [0.1, 0.15) is 11.9 Å². The maximum absolute atomic E-state index is 13.6. The van der Waals surface area contributed by atoms with Crippen LogP contribution in [0.25, 0.3) is 6.08 Å². The van der Waals surface area contributed by atoms with Crippen LogP contribution in [0.3, 0.4) is 0 Å². The second kappa shape index (κ2) is 12.0. The fourth-order valence-corrected chi connectivity index (χ4v) is 5.30. The number of cyclic esters (lactones) is 1. The molecule has 2 unspecified atom stereocenters. The molecule has 37 heavy (non-hydrogen) atoms. The minimum atomic E-state index is -1.27. The number of ether oxygens (including phenoxy) is 2. The lowest BCUT2D eigenvalue weighted by Crippen LogP contribution is -2.46. The van der Waals surface area contributed by atoms with Crippen molar-refractivity contribution in [3.05, 3.63) is 48.3 Å². The van der Waals surface area contributed by atoms with Crippen LogP contribution in [0.15, 0.2) is 42.6 Å². The molecule has 0 radical (unpaired) electrons. The van der Waals surface area contributed by atoms with Crippen molar-refractivity contribution in [2.24, 2.45) is 17.3 Å². The first-order valence-corrected chi connectivity index (χ1v) is 13.4. The van der Waals surface area contributed by atoms with E-state index in [0.717, 1.165) is 30.5 Å². The molecule has 0 bridgehead atoms. The van der Waals surface area contributed by atoms with Gasteiger partial charge >= 0.3 is 5.97 Å². The second-order valence-corrected chi connectivity index (χ2v) is 11.6. The first-order chi connectivity index (χ1) is 17.4. The van der Waals surface area contributed by atoms with E-state index in [0.29, 0.717) is 12.8 Å². The van der Waals surface area contributed by atoms with Crippen molar-refractivity contribution < 1.29 is 29.3 Å². The quantitative estimate of drug-likeness (QED) is 0.342. The molecule has 2 fully saturated rings. The summed E-state index contributed by atoms with van der Waals surface area (Å²) in [5.74, 6) is -1.69. The molecule has 3 heterocycles. The smallest absolute Gasteiger partial charge is 0.309 e. The summed E-state index contributed by atoms with van der Waals surface area (Å²) < 4.78 is 12.0. The SMILES string of the molecule is C=CC[C@H]1C(=O)C(C)(C)[C@H](O)CC(=O)O[C@H](/C(C)=C/c2ccccn2)CC2OC2(C)CCC[C@H](C)[C@@H]1O. The van der Waals surface area contributed by atoms with Gasteiger partial charge in [0.15, 0.2) is 0 Å². The zero-order chi connectivity index (χ0) is 27.4. The minimum Gasteiger partial charge on any atom is -0.458 e. The molecule has 2 saturated heterocycles. The number of carbonyl (C=O) groups is 2. The predicted molar refractivity (Wildman–Crippen MR) is 142 cm³/mol. The summed E-state index contributed by atoms with van der Waals surface area (Å²) in [5.41, 5.74) is 0.0147. The number of aliphatic hydroxyl groups excluding tert-OH is 2. The Morgan fingerprint density at radius 3 is 2.62 bits per heavy atom. The van der Waals surface area contributed by atoms with Crippen molar-refractivity contribution in [3.63, 3.8) is 0 Å². The topological polar surface area (TPSA) is 109 Å². The molecule has 0 saturated carbocycles. The third kappa shape index (κ3) is 7.15. The van der Waals surface area contributed by atoms with Gasteiger partial charge in [-0.15, -0.1) is 6.58 Å². The van der Waals surface area contributed by atoms with Crippen molar-refractivity contribution in [1.82, 2.24) is 4.98 Å². The molecule has 1 aromatic rings. The number of hydrogen-bond acceptors (Lipinski definition) is 7. The third-order valence-corrected chi connectivity index (χ3v) is 8.22. The number of pyridine rings is 1. The van der Waals surface area contributed by atoms with Crippen molar-refractivity contribution in [1.29, 1.82) is 0 Å². The maximum Gasteiger partial charge on any atom is 0.309 e. The Morgan fingerprint density at radius 2 is 1.97 bits per heavy atom. The molecule has 2 N–H and O–H groups in total. The fourth-order valence-electron chi connectivity index (χ4n) is 5.30. The van der Waals surface area contributed by atoms with E-state index in [1.54, 1.807) is 26.1 Å². The van der Waals surface area contributed by atoms with Gasteiger partial charge in [-0.2, -0.15) is 0 Å². The van der Waals surface area contributed by atoms with Gasteiger partial charge in [-0.3, -0.25) is 14.6 Å². The zero-order valence-electron chi connectivity index (χ0n) is 22.9. The summed E-state index contributed by atoms with van der Waals surface area (Å²) in [5, 5.41) is 22.1. The van der Waals surface area contributed by atoms with Gasteiger partial charge in [0.2, 0.25) is 0 Å². The molecule has 204 valence electrons. The number of aliphatic hydroxyl groups is 2. The lowest BCUT2D eigenvalue weighted by Gasteiger charge is -2.35. The summed E-state index contributed by atoms with van der Waals surface area (Å²) in [4.78, 5) is 30.9. The summed E-state index contributed by atoms with van der Waals surface area (Å²) in [6, 6.07) is 5.61. The summed E-state index contributed by atoms with van der Waals surface area (Å²) in [7, 11) is 0. The van der Waals surface area contributed by atoms with Crippen molar-refractivity contribution in [2.45, 2.75) is 103 Å². The van der Waals surface area contributed by atoms with E-state index in [9.17, 15) is 19.8 Å². The van der Waals surface area contributed by atoms with Gasteiger partial charge in [-0.05, 0) is 62.8 Å². The Kier molecular flexibility index (Phi) is 9.48. The van der Waals surface area contributed by atoms with Gasteiger partial charge in [-0.1, -0.05) is 39.3 Å². The lowest BCUT2D eigenvalue weighted by molar-refractivity contribution is -0.154. The predicted octanol–water partition coefficient (Wildman–Crippen LogP) is 4.66. The summed E-state index contributed by atoms with van der Waals surface area (Å²) >= 11 is 0.